The molecule has 118 valence electrons. The molecule has 0 aromatic carbocycles. The molecule has 0 aromatic rings. The summed E-state index contributed by atoms with van der Waals surface area (Å²) in [5.74, 6) is -1.43. The third kappa shape index (κ3) is 3.70. The smallest absolute Gasteiger partial charge is 0.312 e. The van der Waals surface area contributed by atoms with Crippen LogP contribution >= 0.6 is 0 Å². The average molecular weight is 298 g/mol. The van der Waals surface area contributed by atoms with Gasteiger partial charge in [0.2, 0.25) is 5.91 Å². The van der Waals surface area contributed by atoms with Gasteiger partial charge in [-0.2, -0.15) is 0 Å². The first-order valence-corrected chi connectivity index (χ1v) is 7.31. The van der Waals surface area contributed by atoms with E-state index in [0.29, 0.717) is 39.3 Å². The van der Waals surface area contributed by atoms with Crippen molar-refractivity contribution < 1.29 is 19.1 Å². The lowest BCUT2D eigenvalue weighted by Crippen LogP contribution is -2.60. The molecule has 2 saturated heterocycles. The zero-order chi connectivity index (χ0) is 15.2. The summed E-state index contributed by atoms with van der Waals surface area (Å²) in [4.78, 5) is 39.5. The van der Waals surface area contributed by atoms with Crippen LogP contribution in [0.3, 0.4) is 0 Å². The van der Waals surface area contributed by atoms with E-state index in [1.54, 1.807) is 6.92 Å². The number of carbonyl (C=O) groups excluding carboxylic acids is 3. The Hall–Kier alpha value is -1.67. The van der Waals surface area contributed by atoms with Crippen LogP contribution in [0.25, 0.3) is 0 Å². The zero-order valence-electron chi connectivity index (χ0n) is 12.3. The number of hydrogen-bond donors (Lipinski definition) is 2. The van der Waals surface area contributed by atoms with E-state index >= 15 is 0 Å². The second-order valence-electron chi connectivity index (χ2n) is 5.03. The molecule has 2 aliphatic rings. The number of ether oxygens (including phenoxy) is 1. The van der Waals surface area contributed by atoms with Gasteiger partial charge in [0.05, 0.1) is 13.2 Å². The lowest BCUT2D eigenvalue weighted by Gasteiger charge is -2.36. The summed E-state index contributed by atoms with van der Waals surface area (Å²) in [7, 11) is 0. The van der Waals surface area contributed by atoms with E-state index in [-0.39, 0.29) is 19.1 Å². The van der Waals surface area contributed by atoms with E-state index in [2.05, 4.69) is 10.6 Å². The Morgan fingerprint density at radius 1 is 1.19 bits per heavy atom. The molecule has 2 heterocycles. The van der Waals surface area contributed by atoms with Gasteiger partial charge in [0.25, 0.3) is 0 Å². The lowest BCUT2D eigenvalue weighted by atomic mass is 10.2. The van der Waals surface area contributed by atoms with Gasteiger partial charge < -0.3 is 25.2 Å². The van der Waals surface area contributed by atoms with Crippen LogP contribution in [0.4, 0.5) is 0 Å². The van der Waals surface area contributed by atoms with E-state index < -0.39 is 17.9 Å². The van der Waals surface area contributed by atoms with Gasteiger partial charge >= 0.3 is 11.8 Å². The maximum atomic E-state index is 12.4. The molecule has 0 spiro atoms. The number of rotatable bonds is 2. The molecule has 0 radical (unpaired) electrons. The van der Waals surface area contributed by atoms with Gasteiger partial charge in [-0.1, -0.05) is 0 Å². The molecule has 0 saturated carbocycles. The van der Waals surface area contributed by atoms with E-state index in [1.165, 1.54) is 9.80 Å². The van der Waals surface area contributed by atoms with Crippen molar-refractivity contribution in [2.24, 2.45) is 0 Å². The van der Waals surface area contributed by atoms with Gasteiger partial charge in [0.15, 0.2) is 0 Å². The van der Waals surface area contributed by atoms with Crippen molar-refractivity contribution in [1.82, 2.24) is 20.4 Å². The van der Waals surface area contributed by atoms with Crippen molar-refractivity contribution in [3.8, 4) is 0 Å². The van der Waals surface area contributed by atoms with Gasteiger partial charge in [-0.05, 0) is 6.92 Å². The van der Waals surface area contributed by atoms with Crippen LogP contribution in [0.2, 0.25) is 0 Å². The van der Waals surface area contributed by atoms with Crippen molar-refractivity contribution in [3.63, 3.8) is 0 Å². The van der Waals surface area contributed by atoms with Crippen LogP contribution < -0.4 is 10.6 Å². The van der Waals surface area contributed by atoms with E-state index in [1.807, 2.05) is 0 Å². The maximum Gasteiger partial charge on any atom is 0.312 e. The fourth-order valence-corrected chi connectivity index (χ4v) is 2.48. The van der Waals surface area contributed by atoms with Crippen LogP contribution in [0.1, 0.15) is 6.92 Å². The van der Waals surface area contributed by atoms with Crippen molar-refractivity contribution in [2.45, 2.75) is 13.0 Å². The molecule has 2 N–H and O–H groups in total. The van der Waals surface area contributed by atoms with Crippen LogP contribution in [-0.4, -0.2) is 86.0 Å². The van der Waals surface area contributed by atoms with Crippen LogP contribution in [-0.2, 0) is 19.1 Å². The largest absolute Gasteiger partial charge is 0.377 e. The van der Waals surface area contributed by atoms with Gasteiger partial charge in [0.1, 0.15) is 6.04 Å². The minimum absolute atomic E-state index is 0.131. The lowest BCUT2D eigenvalue weighted by molar-refractivity contribution is -0.159. The predicted molar refractivity (Wildman–Crippen MR) is 74.5 cm³/mol. The molecule has 2 fully saturated rings. The van der Waals surface area contributed by atoms with E-state index in [0.717, 1.165) is 0 Å². The number of hydrogen-bond acceptors (Lipinski definition) is 5. The third-order valence-corrected chi connectivity index (χ3v) is 3.63. The molecule has 1 unspecified atom stereocenters. The Morgan fingerprint density at radius 3 is 2.57 bits per heavy atom. The highest BCUT2D eigenvalue weighted by molar-refractivity contribution is 6.35. The molecular formula is C13H22N4O4. The number of nitrogens with one attached hydrogen (secondary N) is 2. The molecular weight excluding hydrogens is 276 g/mol. The topological polar surface area (TPSA) is 91.0 Å². The van der Waals surface area contributed by atoms with Crippen molar-refractivity contribution in [3.05, 3.63) is 0 Å². The summed E-state index contributed by atoms with van der Waals surface area (Å²) in [6, 6.07) is -0.724. The van der Waals surface area contributed by atoms with Crippen molar-refractivity contribution in [1.29, 1.82) is 0 Å². The Kier molecular flexibility index (Phi) is 5.51. The summed E-state index contributed by atoms with van der Waals surface area (Å²) in [5.41, 5.74) is 0. The normalized spacial score (nSPS) is 22.8. The molecule has 0 aromatic heterocycles. The molecule has 8 nitrogen and oxygen atoms in total. The van der Waals surface area contributed by atoms with E-state index in [9.17, 15) is 14.4 Å². The first-order valence-electron chi connectivity index (χ1n) is 7.31. The number of carbonyl (C=O) groups is 3. The first kappa shape index (κ1) is 15.7. The quantitative estimate of drug-likeness (QED) is 0.564. The van der Waals surface area contributed by atoms with Gasteiger partial charge in [-0.3, -0.25) is 14.4 Å². The number of piperazine rings is 1. The molecule has 2 rings (SSSR count). The number of morpholine rings is 1. The highest BCUT2D eigenvalue weighted by Gasteiger charge is 2.37. The average Bonchev–Trinajstić information content (AvgIpc) is 2.54. The molecule has 0 aliphatic carbocycles. The molecule has 2 aliphatic heterocycles. The summed E-state index contributed by atoms with van der Waals surface area (Å²) in [6.45, 7) is 5.41. The summed E-state index contributed by atoms with van der Waals surface area (Å²) in [5, 5.41) is 5.80. The molecule has 0 bridgehead atoms. The maximum absolute atomic E-state index is 12.4. The molecule has 8 heteroatoms. The Balaban J connectivity index is 2.03. The Labute approximate surface area is 123 Å². The van der Waals surface area contributed by atoms with Gasteiger partial charge in [-0.25, -0.2) is 0 Å². The van der Waals surface area contributed by atoms with Crippen LogP contribution in [0, 0.1) is 0 Å². The fraction of sp³-hybridized carbons (Fsp3) is 0.769. The van der Waals surface area contributed by atoms with Crippen molar-refractivity contribution in [2.75, 3.05) is 52.5 Å². The third-order valence-electron chi connectivity index (χ3n) is 3.63. The van der Waals surface area contributed by atoms with Crippen LogP contribution in [0.15, 0.2) is 0 Å². The molecule has 21 heavy (non-hydrogen) atoms. The number of amides is 3. The number of nitrogens with zero attached hydrogens (tertiary/aromatic N) is 2. The Morgan fingerprint density at radius 2 is 1.90 bits per heavy atom. The SMILES string of the molecule is CCNC(=O)C1COCCN1C(=O)C(=O)N1CCNCC1. The summed E-state index contributed by atoms with van der Waals surface area (Å²) >= 11 is 0. The molecule has 1 atom stereocenters. The number of likely N-dealkylation sites (N-methyl/N-ethyl adjacent to an activating group) is 1. The monoisotopic (exact) mass is 298 g/mol. The fourth-order valence-electron chi connectivity index (χ4n) is 2.48. The first-order chi connectivity index (χ1) is 10.1. The highest BCUT2D eigenvalue weighted by Crippen LogP contribution is 2.09. The minimum atomic E-state index is -0.724. The molecule has 3 amide bonds. The minimum Gasteiger partial charge on any atom is -0.377 e. The van der Waals surface area contributed by atoms with Gasteiger partial charge in [0, 0.05) is 39.3 Å². The highest BCUT2D eigenvalue weighted by atomic mass is 16.5. The Bertz CT molecular complexity index is 409. The predicted octanol–water partition coefficient (Wildman–Crippen LogP) is -2.22. The van der Waals surface area contributed by atoms with Crippen molar-refractivity contribution >= 4 is 17.7 Å². The second kappa shape index (κ2) is 7.37. The van der Waals surface area contributed by atoms with Gasteiger partial charge in [-0.15, -0.1) is 0 Å². The standard InChI is InChI=1S/C13H22N4O4/c1-2-15-11(18)10-9-21-8-7-17(10)13(20)12(19)16-5-3-14-4-6-16/h10,14H,2-9H2,1H3,(H,15,18). The van der Waals surface area contributed by atoms with E-state index in [4.69, 9.17) is 4.74 Å². The zero-order valence-corrected chi connectivity index (χ0v) is 12.3. The summed E-state index contributed by atoms with van der Waals surface area (Å²) < 4.78 is 5.27. The van der Waals surface area contributed by atoms with Crippen LogP contribution in [0.5, 0.6) is 0 Å². The summed E-state index contributed by atoms with van der Waals surface area (Å²) in [6.07, 6.45) is 0. The second-order valence-corrected chi connectivity index (χ2v) is 5.03.